The van der Waals surface area contributed by atoms with Crippen LogP contribution in [0, 0.1) is 0 Å². The summed E-state index contributed by atoms with van der Waals surface area (Å²) in [7, 11) is 2.15. The van der Waals surface area contributed by atoms with E-state index in [1.54, 1.807) is 0 Å². The van der Waals surface area contributed by atoms with Gasteiger partial charge in [0.1, 0.15) is 0 Å². The van der Waals surface area contributed by atoms with E-state index in [1.165, 1.54) is 18.5 Å². The smallest absolute Gasteiger partial charge is 0.202 e. The van der Waals surface area contributed by atoms with Crippen LogP contribution in [0.25, 0.3) is 0 Å². The molecule has 1 aliphatic rings. The minimum atomic E-state index is 0.656. The van der Waals surface area contributed by atoms with Crippen LogP contribution in [0.4, 0.5) is 11.6 Å². The first-order valence-electron chi connectivity index (χ1n) is 7.37. The van der Waals surface area contributed by atoms with Crippen LogP contribution in [0.1, 0.15) is 19.3 Å². The number of aromatic nitrogens is 2. The predicted octanol–water partition coefficient (Wildman–Crippen LogP) is 2.98. The Morgan fingerprint density at radius 1 is 1.30 bits per heavy atom. The van der Waals surface area contributed by atoms with Gasteiger partial charge in [-0.15, -0.1) is 0 Å². The number of rotatable bonds is 7. The number of benzene rings is 1. The molecule has 1 saturated carbocycles. The van der Waals surface area contributed by atoms with Gasteiger partial charge in [0.2, 0.25) is 5.95 Å². The lowest BCUT2D eigenvalue weighted by molar-refractivity contribution is 0.641. The number of hydrogen-bond acceptors (Lipinski definition) is 3. The topological polar surface area (TPSA) is 33.1 Å². The molecule has 4 nitrogen and oxygen atoms in total. The molecule has 106 valence electrons. The van der Waals surface area contributed by atoms with Gasteiger partial charge in [0, 0.05) is 44.3 Å². The highest BCUT2D eigenvalue weighted by molar-refractivity contribution is 5.44. The zero-order chi connectivity index (χ0) is 13.8. The second-order valence-electron chi connectivity index (χ2n) is 5.47. The van der Waals surface area contributed by atoms with Gasteiger partial charge in [-0.2, -0.15) is 0 Å². The Balaban J connectivity index is 1.48. The van der Waals surface area contributed by atoms with Gasteiger partial charge < -0.3 is 14.8 Å². The third kappa shape index (κ3) is 3.32. The van der Waals surface area contributed by atoms with Crippen molar-refractivity contribution in [2.45, 2.75) is 31.8 Å². The molecule has 1 aromatic heterocycles. The van der Waals surface area contributed by atoms with Crippen LogP contribution in [-0.4, -0.2) is 29.2 Å². The highest BCUT2D eigenvalue weighted by Gasteiger charge is 2.22. The Hall–Kier alpha value is -1.97. The van der Waals surface area contributed by atoms with E-state index in [1.807, 2.05) is 6.20 Å². The molecule has 0 spiro atoms. The fourth-order valence-corrected chi connectivity index (χ4v) is 2.33. The number of hydrogen-bond donors (Lipinski definition) is 1. The molecular formula is C16H22N4. The Labute approximate surface area is 120 Å². The van der Waals surface area contributed by atoms with Crippen LogP contribution >= 0.6 is 0 Å². The number of nitrogens with one attached hydrogen (secondary N) is 1. The quantitative estimate of drug-likeness (QED) is 0.839. The maximum atomic E-state index is 4.39. The molecule has 1 N–H and O–H groups in total. The first kappa shape index (κ1) is 13.0. The highest BCUT2D eigenvalue weighted by atomic mass is 15.2. The summed E-state index contributed by atoms with van der Waals surface area (Å²) in [4.78, 5) is 6.69. The normalized spacial score (nSPS) is 14.2. The second kappa shape index (κ2) is 5.99. The highest BCUT2D eigenvalue weighted by Crippen LogP contribution is 2.23. The molecule has 0 unspecified atom stereocenters. The van der Waals surface area contributed by atoms with Gasteiger partial charge >= 0.3 is 0 Å². The Morgan fingerprint density at radius 3 is 2.85 bits per heavy atom. The van der Waals surface area contributed by atoms with E-state index >= 15 is 0 Å². The minimum Gasteiger partial charge on any atom is -0.375 e. The van der Waals surface area contributed by atoms with E-state index in [-0.39, 0.29) is 0 Å². The fourth-order valence-electron chi connectivity index (χ4n) is 2.33. The summed E-state index contributed by atoms with van der Waals surface area (Å²) in [5.41, 5.74) is 1.27. The molecule has 1 heterocycles. The fraction of sp³-hybridized carbons (Fsp3) is 0.438. The standard InChI is InChI=1S/C16H22N4/c1-19(15-6-3-2-4-7-15)11-5-12-20-13-10-17-16(20)18-14-8-9-14/h2-4,6-7,10,13-14H,5,8-9,11-12H2,1H3,(H,17,18). The van der Waals surface area contributed by atoms with Crippen molar-refractivity contribution in [1.82, 2.24) is 9.55 Å². The zero-order valence-electron chi connectivity index (χ0n) is 12.0. The molecular weight excluding hydrogens is 248 g/mol. The molecule has 0 aliphatic heterocycles. The monoisotopic (exact) mass is 270 g/mol. The van der Waals surface area contributed by atoms with Gasteiger partial charge in [0.25, 0.3) is 0 Å². The second-order valence-corrected chi connectivity index (χ2v) is 5.47. The van der Waals surface area contributed by atoms with E-state index in [2.05, 4.69) is 63.3 Å². The van der Waals surface area contributed by atoms with E-state index in [0.717, 1.165) is 25.5 Å². The van der Waals surface area contributed by atoms with Gasteiger partial charge in [-0.1, -0.05) is 18.2 Å². The SMILES string of the molecule is CN(CCCn1ccnc1NC1CC1)c1ccccc1. The molecule has 4 heteroatoms. The maximum Gasteiger partial charge on any atom is 0.202 e. The van der Waals surface area contributed by atoms with Crippen LogP contribution < -0.4 is 10.2 Å². The average Bonchev–Trinajstić information content (AvgIpc) is 3.19. The third-order valence-corrected chi connectivity index (χ3v) is 3.72. The summed E-state index contributed by atoms with van der Waals surface area (Å²) in [5.74, 6) is 1.02. The van der Waals surface area contributed by atoms with Crippen molar-refractivity contribution >= 4 is 11.6 Å². The maximum absolute atomic E-state index is 4.39. The van der Waals surface area contributed by atoms with Gasteiger partial charge in [-0.05, 0) is 31.4 Å². The lowest BCUT2D eigenvalue weighted by Crippen LogP contribution is -2.20. The van der Waals surface area contributed by atoms with Crippen LogP contribution in [0.15, 0.2) is 42.7 Å². The minimum absolute atomic E-state index is 0.656. The molecule has 0 saturated heterocycles. The summed E-state index contributed by atoms with van der Waals surface area (Å²) in [6, 6.07) is 11.2. The Kier molecular flexibility index (Phi) is 3.90. The first-order chi connectivity index (χ1) is 9.83. The molecule has 1 aliphatic carbocycles. The summed E-state index contributed by atoms with van der Waals surface area (Å²) < 4.78 is 2.22. The molecule has 20 heavy (non-hydrogen) atoms. The van der Waals surface area contributed by atoms with E-state index < -0.39 is 0 Å². The van der Waals surface area contributed by atoms with E-state index in [9.17, 15) is 0 Å². The molecule has 2 aromatic rings. The summed E-state index contributed by atoms with van der Waals surface area (Å²) in [6.45, 7) is 2.05. The summed E-state index contributed by atoms with van der Waals surface area (Å²) in [6.07, 6.45) is 7.62. The van der Waals surface area contributed by atoms with Gasteiger partial charge in [0.15, 0.2) is 0 Å². The lowest BCUT2D eigenvalue weighted by atomic mass is 10.3. The molecule has 0 amide bonds. The average molecular weight is 270 g/mol. The molecule has 0 atom stereocenters. The van der Waals surface area contributed by atoms with Crippen molar-refractivity contribution < 1.29 is 0 Å². The number of para-hydroxylation sites is 1. The van der Waals surface area contributed by atoms with Crippen LogP contribution in [0.3, 0.4) is 0 Å². The van der Waals surface area contributed by atoms with Crippen molar-refractivity contribution in [2.24, 2.45) is 0 Å². The molecule has 3 rings (SSSR count). The van der Waals surface area contributed by atoms with Crippen molar-refractivity contribution in [3.63, 3.8) is 0 Å². The number of nitrogens with zero attached hydrogens (tertiary/aromatic N) is 3. The van der Waals surface area contributed by atoms with Crippen LogP contribution in [0.5, 0.6) is 0 Å². The molecule has 0 bridgehead atoms. The van der Waals surface area contributed by atoms with Crippen LogP contribution in [0.2, 0.25) is 0 Å². The Bertz CT molecular complexity index is 530. The summed E-state index contributed by atoms with van der Waals surface area (Å²) in [5, 5.41) is 3.47. The molecule has 0 radical (unpaired) electrons. The van der Waals surface area contributed by atoms with Gasteiger partial charge in [0.05, 0.1) is 0 Å². The zero-order valence-corrected chi connectivity index (χ0v) is 12.0. The largest absolute Gasteiger partial charge is 0.375 e. The van der Waals surface area contributed by atoms with Crippen molar-refractivity contribution in [2.75, 3.05) is 23.8 Å². The van der Waals surface area contributed by atoms with Gasteiger partial charge in [-0.3, -0.25) is 0 Å². The van der Waals surface area contributed by atoms with Crippen molar-refractivity contribution in [3.8, 4) is 0 Å². The van der Waals surface area contributed by atoms with Crippen molar-refractivity contribution in [3.05, 3.63) is 42.7 Å². The number of imidazole rings is 1. The number of anilines is 2. The van der Waals surface area contributed by atoms with Crippen LogP contribution in [-0.2, 0) is 6.54 Å². The lowest BCUT2D eigenvalue weighted by Gasteiger charge is -2.19. The third-order valence-electron chi connectivity index (χ3n) is 3.72. The van der Waals surface area contributed by atoms with Gasteiger partial charge in [-0.25, -0.2) is 4.98 Å². The predicted molar refractivity (Wildman–Crippen MR) is 83.2 cm³/mol. The van der Waals surface area contributed by atoms with E-state index in [0.29, 0.717) is 6.04 Å². The summed E-state index contributed by atoms with van der Waals surface area (Å²) >= 11 is 0. The van der Waals surface area contributed by atoms with Crippen molar-refractivity contribution in [1.29, 1.82) is 0 Å². The molecule has 1 aromatic carbocycles. The number of aryl methyl sites for hydroxylation is 1. The van der Waals surface area contributed by atoms with E-state index in [4.69, 9.17) is 0 Å². The first-order valence-corrected chi connectivity index (χ1v) is 7.37. The Morgan fingerprint density at radius 2 is 2.10 bits per heavy atom. The molecule has 1 fully saturated rings.